The third-order valence-electron chi connectivity index (χ3n) is 23.5. The summed E-state index contributed by atoms with van der Waals surface area (Å²) in [5.74, 6) is 15.4. The third kappa shape index (κ3) is 5.96. The molecule has 2 heterocycles. The van der Waals surface area contributed by atoms with Gasteiger partial charge in [0.1, 0.15) is 0 Å². The van der Waals surface area contributed by atoms with Crippen molar-refractivity contribution in [2.75, 3.05) is 0 Å². The molecule has 0 aromatic carbocycles. The minimum atomic E-state index is 0.767. The molecule has 2 aliphatic heterocycles. The molecule has 0 radical (unpaired) electrons. The molecule has 0 amide bonds. The maximum atomic E-state index is 3.53. The van der Waals surface area contributed by atoms with E-state index in [1.807, 2.05) is 0 Å². The van der Waals surface area contributed by atoms with Crippen molar-refractivity contribution in [1.82, 2.24) is 4.90 Å². The van der Waals surface area contributed by atoms with Crippen molar-refractivity contribution >= 4 is 23.5 Å². The van der Waals surface area contributed by atoms with Crippen LogP contribution in [0.1, 0.15) is 212 Å². The Labute approximate surface area is 365 Å². The lowest BCUT2D eigenvalue weighted by atomic mass is 9.53. The average molecular weight is 826 g/mol. The number of rotatable bonds is 4. The number of hydrogen-bond acceptors (Lipinski definition) is 3. The van der Waals surface area contributed by atoms with Gasteiger partial charge in [-0.2, -0.15) is 23.5 Å². The van der Waals surface area contributed by atoms with E-state index < -0.39 is 0 Å². The molecule has 1 nitrogen and oxygen atoms in total. The Balaban J connectivity index is 0.771. The highest BCUT2D eigenvalue weighted by Gasteiger charge is 2.73. The van der Waals surface area contributed by atoms with Gasteiger partial charge in [0.25, 0.3) is 0 Å². The van der Waals surface area contributed by atoms with Crippen molar-refractivity contribution in [1.29, 1.82) is 0 Å². The molecule has 0 aromatic heterocycles. The Morgan fingerprint density at radius 3 is 1.62 bits per heavy atom. The summed E-state index contributed by atoms with van der Waals surface area (Å²) in [4.78, 5) is 3.53. The predicted octanol–water partition coefficient (Wildman–Crippen LogP) is 15.0. The summed E-state index contributed by atoms with van der Waals surface area (Å²) in [5, 5.41) is 4.19. The van der Waals surface area contributed by atoms with Crippen LogP contribution >= 0.6 is 23.5 Å². The van der Waals surface area contributed by atoms with E-state index in [1.54, 1.807) is 186 Å². The van der Waals surface area contributed by atoms with E-state index in [0.717, 1.165) is 127 Å². The molecule has 13 fully saturated rings. The quantitative estimate of drug-likeness (QED) is 0.278. The van der Waals surface area contributed by atoms with Gasteiger partial charge in [-0.3, -0.25) is 4.90 Å². The highest BCUT2D eigenvalue weighted by Crippen LogP contribution is 2.78. The lowest BCUT2D eigenvalue weighted by Gasteiger charge is -2.55. The summed E-state index contributed by atoms with van der Waals surface area (Å²) in [6.07, 6.45) is 52.5. The summed E-state index contributed by atoms with van der Waals surface area (Å²) in [7, 11) is 0. The van der Waals surface area contributed by atoms with Crippen LogP contribution in [0.2, 0.25) is 0 Å². The lowest BCUT2D eigenvalue weighted by Crippen LogP contribution is -2.57. The van der Waals surface area contributed by atoms with Crippen LogP contribution in [0.5, 0.6) is 0 Å². The van der Waals surface area contributed by atoms with Crippen molar-refractivity contribution in [3.8, 4) is 0 Å². The zero-order chi connectivity index (χ0) is 38.0. The first-order chi connectivity index (χ1) is 28.8. The smallest absolute Gasteiger partial charge is 0.0135 e. The lowest BCUT2D eigenvalue weighted by molar-refractivity contribution is -0.0648. The molecule has 13 aliphatic rings. The van der Waals surface area contributed by atoms with Gasteiger partial charge in [-0.1, -0.05) is 83.5 Å². The van der Waals surface area contributed by atoms with Crippen molar-refractivity contribution in [2.45, 2.75) is 251 Å². The zero-order valence-corrected chi connectivity index (χ0v) is 38.9. The topological polar surface area (TPSA) is 3.24 Å². The molecule has 11 aliphatic carbocycles. The second kappa shape index (κ2) is 16.0. The van der Waals surface area contributed by atoms with Gasteiger partial charge < -0.3 is 0 Å². The molecule has 2 saturated heterocycles. The summed E-state index contributed by atoms with van der Waals surface area (Å²) >= 11 is 5.21. The van der Waals surface area contributed by atoms with Gasteiger partial charge >= 0.3 is 0 Å². The summed E-state index contributed by atoms with van der Waals surface area (Å²) in [6.45, 7) is 0. The van der Waals surface area contributed by atoms with Crippen LogP contribution in [0.25, 0.3) is 0 Å². The van der Waals surface area contributed by atoms with Crippen LogP contribution in [0.4, 0.5) is 0 Å². The second-order valence-electron chi connectivity index (χ2n) is 25.0. The molecule has 324 valence electrons. The minimum absolute atomic E-state index is 0.767. The van der Waals surface area contributed by atoms with Crippen LogP contribution in [0.15, 0.2) is 0 Å². The van der Waals surface area contributed by atoms with Crippen molar-refractivity contribution < 1.29 is 0 Å². The Kier molecular flexibility index (Phi) is 10.8. The Morgan fingerprint density at radius 2 is 0.862 bits per heavy atom. The molecular formula is C55H87NS2. The monoisotopic (exact) mass is 826 g/mol. The number of hydrogen-bond donors (Lipinski definition) is 0. The van der Waals surface area contributed by atoms with Crippen LogP contribution in [0, 0.1) is 88.3 Å². The molecule has 11 saturated carbocycles. The van der Waals surface area contributed by atoms with Gasteiger partial charge in [0, 0.05) is 39.1 Å². The first kappa shape index (κ1) is 39.1. The molecule has 58 heavy (non-hydrogen) atoms. The van der Waals surface area contributed by atoms with Crippen molar-refractivity contribution in [3.63, 3.8) is 0 Å². The van der Waals surface area contributed by atoms with Crippen molar-refractivity contribution in [3.05, 3.63) is 0 Å². The molecule has 0 bridgehead atoms. The Hall–Kier alpha value is 0.660. The van der Waals surface area contributed by atoms with E-state index in [-0.39, 0.29) is 0 Å². The maximum Gasteiger partial charge on any atom is 0.0135 e. The number of thioether (sulfide) groups is 2. The van der Waals surface area contributed by atoms with Gasteiger partial charge in [0.15, 0.2) is 0 Å². The number of nitrogens with zero attached hydrogens (tertiary/aromatic N) is 1. The second-order valence-corrected chi connectivity index (χ2v) is 27.8. The predicted molar refractivity (Wildman–Crippen MR) is 247 cm³/mol. The first-order valence-corrected chi connectivity index (χ1v) is 29.8. The van der Waals surface area contributed by atoms with E-state index in [2.05, 4.69) is 28.4 Å². The highest BCUT2D eigenvalue weighted by molar-refractivity contribution is 8.02. The standard InChI is InChI=1S/C55H87NS2/c1-2-14-35(15-3-1)56(48-26-13-25-47-51(48)42-18-6-10-24-46(42)55(47)44-22-8-4-16-38(44)39-17-5-9-23-45(39)55)36-30-28-34(29-31-36)37-20-12-21-40-41-32-33-50-52(54(41)58-53(37)40)43-19-7-11-27-49(43)57-50/h34-54H,1-33H2. The van der Waals surface area contributed by atoms with Gasteiger partial charge in [0.2, 0.25) is 0 Å². The maximum absolute atomic E-state index is 3.53. The largest absolute Gasteiger partial charge is 0.294 e. The van der Waals surface area contributed by atoms with E-state index in [4.69, 9.17) is 0 Å². The fourth-order valence-electron chi connectivity index (χ4n) is 22.3. The first-order valence-electron chi connectivity index (χ1n) is 27.9. The molecule has 18 unspecified atom stereocenters. The van der Waals surface area contributed by atoms with Crippen molar-refractivity contribution in [2.24, 2.45) is 88.3 Å². The van der Waals surface area contributed by atoms with Crippen LogP contribution in [0.3, 0.4) is 0 Å². The Bertz CT molecular complexity index is 1420. The molecule has 1 spiro atoms. The molecule has 18 atom stereocenters. The van der Waals surface area contributed by atoms with Gasteiger partial charge in [-0.15, -0.1) is 0 Å². The van der Waals surface area contributed by atoms with E-state index >= 15 is 0 Å². The SMILES string of the molecule is C1CCC(N(C2CCC(C3CCCC4C5CCC6SC7CCCCC7C6C5SC34)CC2)C2CCCC3C2C2CCCCC2C32C3CCCCC3C3CCCCC32)CC1. The van der Waals surface area contributed by atoms with Crippen LogP contribution in [-0.2, 0) is 0 Å². The molecule has 13 rings (SSSR count). The molecule has 3 heteroatoms. The van der Waals surface area contributed by atoms with Crippen LogP contribution in [-0.4, -0.2) is 44.0 Å². The van der Waals surface area contributed by atoms with E-state index in [1.165, 1.54) is 25.7 Å². The third-order valence-corrected chi connectivity index (χ3v) is 27.4. The minimum Gasteiger partial charge on any atom is -0.294 e. The van der Waals surface area contributed by atoms with Gasteiger partial charge in [-0.25, -0.2) is 0 Å². The Morgan fingerprint density at radius 1 is 0.310 bits per heavy atom. The van der Waals surface area contributed by atoms with Gasteiger partial charge in [-0.05, 0) is 217 Å². The summed E-state index contributed by atoms with van der Waals surface area (Å²) < 4.78 is 0. The highest BCUT2D eigenvalue weighted by atomic mass is 32.2. The molecule has 0 N–H and O–H groups in total. The van der Waals surface area contributed by atoms with E-state index in [9.17, 15) is 0 Å². The van der Waals surface area contributed by atoms with Crippen LogP contribution < -0.4 is 0 Å². The molecular weight excluding hydrogens is 739 g/mol. The fourth-order valence-corrected chi connectivity index (χ4v) is 27.1. The summed E-state index contributed by atoms with van der Waals surface area (Å²) in [6, 6.07) is 2.80. The number of fused-ring (bicyclic) bond motifs is 17. The van der Waals surface area contributed by atoms with E-state index in [0.29, 0.717) is 0 Å². The van der Waals surface area contributed by atoms with Gasteiger partial charge in [0.05, 0.1) is 0 Å². The summed E-state index contributed by atoms with van der Waals surface area (Å²) in [5.41, 5.74) is 0.767. The fraction of sp³-hybridized carbons (Fsp3) is 1.00. The zero-order valence-electron chi connectivity index (χ0n) is 37.2. The molecule has 0 aromatic rings. The average Bonchev–Trinajstić information content (AvgIpc) is 4.03. The normalized spacial score (nSPS) is 56.4.